The van der Waals surface area contributed by atoms with Crippen LogP contribution in [0.25, 0.3) is 0 Å². The molecule has 0 aliphatic carbocycles. The summed E-state index contributed by atoms with van der Waals surface area (Å²) < 4.78 is 0. The van der Waals surface area contributed by atoms with Gasteiger partial charge in [0.2, 0.25) is 5.91 Å². The highest BCUT2D eigenvalue weighted by Crippen LogP contribution is 2.15. The highest BCUT2D eigenvalue weighted by Gasteiger charge is 2.07. The molecule has 0 unspecified atom stereocenters. The van der Waals surface area contributed by atoms with E-state index in [2.05, 4.69) is 10.3 Å². The van der Waals surface area contributed by atoms with Crippen LogP contribution >= 0.6 is 11.8 Å². The van der Waals surface area contributed by atoms with Gasteiger partial charge in [-0.05, 0) is 35.7 Å². The van der Waals surface area contributed by atoms with E-state index in [4.69, 9.17) is 5.11 Å². The standard InChI is InChI=1S/C17H20N2O2S/c1-13-4-2-3-5-15(13)11-17(21)19-16-10-14(6-7-18-16)12-22-9-8-20/h2-7,10,20H,8-9,11-12H2,1H3,(H,18,19,21). The van der Waals surface area contributed by atoms with Crippen LogP contribution in [-0.4, -0.2) is 28.4 Å². The highest BCUT2D eigenvalue weighted by molar-refractivity contribution is 7.98. The molecule has 2 N–H and O–H groups in total. The van der Waals surface area contributed by atoms with E-state index >= 15 is 0 Å². The monoisotopic (exact) mass is 316 g/mol. The van der Waals surface area contributed by atoms with Crippen LogP contribution in [0.4, 0.5) is 5.82 Å². The van der Waals surface area contributed by atoms with Gasteiger partial charge in [0.15, 0.2) is 0 Å². The maximum Gasteiger partial charge on any atom is 0.229 e. The summed E-state index contributed by atoms with van der Waals surface area (Å²) in [6, 6.07) is 11.7. The number of carbonyl (C=O) groups excluding carboxylic acids is 1. The van der Waals surface area contributed by atoms with Gasteiger partial charge in [0.25, 0.3) is 0 Å². The van der Waals surface area contributed by atoms with Crippen molar-refractivity contribution in [3.8, 4) is 0 Å². The molecule has 1 aromatic carbocycles. The Morgan fingerprint density at radius 1 is 1.32 bits per heavy atom. The number of aliphatic hydroxyl groups excluding tert-OH is 1. The molecule has 0 saturated carbocycles. The van der Waals surface area contributed by atoms with Gasteiger partial charge in [0.1, 0.15) is 5.82 Å². The zero-order chi connectivity index (χ0) is 15.8. The number of aliphatic hydroxyl groups is 1. The predicted octanol–water partition coefficient (Wildman–Crippen LogP) is 2.80. The molecule has 0 radical (unpaired) electrons. The van der Waals surface area contributed by atoms with E-state index in [9.17, 15) is 4.79 Å². The third kappa shape index (κ3) is 5.16. The van der Waals surface area contributed by atoms with E-state index in [-0.39, 0.29) is 12.5 Å². The molecular weight excluding hydrogens is 296 g/mol. The van der Waals surface area contributed by atoms with Gasteiger partial charge in [-0.3, -0.25) is 4.79 Å². The van der Waals surface area contributed by atoms with Gasteiger partial charge in [-0.15, -0.1) is 0 Å². The van der Waals surface area contributed by atoms with Crippen LogP contribution in [0.2, 0.25) is 0 Å². The fraction of sp³-hybridized carbons (Fsp3) is 0.294. The Morgan fingerprint density at radius 2 is 2.14 bits per heavy atom. The van der Waals surface area contributed by atoms with Crippen molar-refractivity contribution in [2.24, 2.45) is 0 Å². The first-order valence-corrected chi connectivity index (χ1v) is 8.32. The van der Waals surface area contributed by atoms with Crippen molar-refractivity contribution < 1.29 is 9.90 Å². The molecule has 2 aromatic rings. The topological polar surface area (TPSA) is 62.2 Å². The van der Waals surface area contributed by atoms with Crippen molar-refractivity contribution in [3.63, 3.8) is 0 Å². The Bertz CT molecular complexity index is 632. The van der Waals surface area contributed by atoms with Crippen molar-refractivity contribution in [3.05, 3.63) is 59.3 Å². The van der Waals surface area contributed by atoms with E-state index in [1.165, 1.54) is 0 Å². The maximum atomic E-state index is 12.1. The number of amides is 1. The van der Waals surface area contributed by atoms with Gasteiger partial charge in [0.05, 0.1) is 13.0 Å². The number of aromatic nitrogens is 1. The smallest absolute Gasteiger partial charge is 0.229 e. The summed E-state index contributed by atoms with van der Waals surface area (Å²) in [6.45, 7) is 2.18. The minimum atomic E-state index is -0.0676. The number of hydrogen-bond acceptors (Lipinski definition) is 4. The molecule has 1 aromatic heterocycles. The Kier molecular flexibility index (Phi) is 6.43. The van der Waals surface area contributed by atoms with Gasteiger partial charge >= 0.3 is 0 Å². The van der Waals surface area contributed by atoms with E-state index in [1.54, 1.807) is 18.0 Å². The zero-order valence-electron chi connectivity index (χ0n) is 12.6. The van der Waals surface area contributed by atoms with E-state index in [0.717, 1.165) is 22.4 Å². The lowest BCUT2D eigenvalue weighted by Crippen LogP contribution is -2.16. The first-order chi connectivity index (χ1) is 10.7. The molecule has 0 atom stereocenters. The maximum absolute atomic E-state index is 12.1. The fourth-order valence-electron chi connectivity index (χ4n) is 2.06. The molecule has 0 aliphatic heterocycles. The van der Waals surface area contributed by atoms with Gasteiger partial charge < -0.3 is 10.4 Å². The number of anilines is 1. The second-order valence-corrected chi connectivity index (χ2v) is 6.08. The largest absolute Gasteiger partial charge is 0.396 e. The van der Waals surface area contributed by atoms with Crippen molar-refractivity contribution in [2.45, 2.75) is 19.1 Å². The molecular formula is C17H20N2O2S. The molecule has 0 aliphatic rings. The summed E-state index contributed by atoms with van der Waals surface area (Å²) >= 11 is 1.65. The number of pyridine rings is 1. The summed E-state index contributed by atoms with van der Waals surface area (Å²) in [5.74, 6) is 2.00. The molecule has 1 amide bonds. The lowest BCUT2D eigenvalue weighted by atomic mass is 10.1. The SMILES string of the molecule is Cc1ccccc1CC(=O)Nc1cc(CSCCO)ccn1. The lowest BCUT2D eigenvalue weighted by molar-refractivity contribution is -0.115. The third-order valence-corrected chi connectivity index (χ3v) is 4.22. The van der Waals surface area contributed by atoms with Crippen LogP contribution in [0.15, 0.2) is 42.6 Å². The van der Waals surface area contributed by atoms with Gasteiger partial charge in [-0.2, -0.15) is 11.8 Å². The molecule has 0 fully saturated rings. The number of carbonyl (C=O) groups is 1. The van der Waals surface area contributed by atoms with Crippen LogP contribution in [0.5, 0.6) is 0 Å². The van der Waals surface area contributed by atoms with Crippen LogP contribution in [-0.2, 0) is 17.0 Å². The molecule has 1 heterocycles. The number of nitrogens with zero attached hydrogens (tertiary/aromatic N) is 1. The Labute approximate surface area is 135 Å². The van der Waals surface area contributed by atoms with Crippen molar-refractivity contribution >= 4 is 23.5 Å². The van der Waals surface area contributed by atoms with Crippen molar-refractivity contribution in [1.29, 1.82) is 0 Å². The Morgan fingerprint density at radius 3 is 2.91 bits per heavy atom. The van der Waals surface area contributed by atoms with Crippen LogP contribution in [0, 0.1) is 6.92 Å². The number of thioether (sulfide) groups is 1. The molecule has 116 valence electrons. The number of benzene rings is 1. The first-order valence-electron chi connectivity index (χ1n) is 7.17. The predicted molar refractivity (Wildman–Crippen MR) is 91.0 cm³/mol. The molecule has 2 rings (SSSR count). The van der Waals surface area contributed by atoms with Crippen molar-refractivity contribution in [2.75, 3.05) is 17.7 Å². The third-order valence-electron chi connectivity index (χ3n) is 3.21. The van der Waals surface area contributed by atoms with E-state index in [1.807, 2.05) is 43.3 Å². The fourth-order valence-corrected chi connectivity index (χ4v) is 2.74. The number of rotatable bonds is 7. The second-order valence-electron chi connectivity index (χ2n) is 4.98. The normalized spacial score (nSPS) is 10.5. The Balaban J connectivity index is 1.94. The van der Waals surface area contributed by atoms with Crippen LogP contribution in [0.3, 0.4) is 0 Å². The summed E-state index contributed by atoms with van der Waals surface area (Å²) in [5, 5.41) is 11.6. The van der Waals surface area contributed by atoms with Crippen LogP contribution in [0.1, 0.15) is 16.7 Å². The number of nitrogens with one attached hydrogen (secondary N) is 1. The van der Waals surface area contributed by atoms with Gasteiger partial charge in [0, 0.05) is 17.7 Å². The van der Waals surface area contributed by atoms with Gasteiger partial charge in [-0.1, -0.05) is 24.3 Å². The minimum Gasteiger partial charge on any atom is -0.396 e. The average molecular weight is 316 g/mol. The summed E-state index contributed by atoms with van der Waals surface area (Å²) in [6.07, 6.45) is 2.04. The number of hydrogen-bond donors (Lipinski definition) is 2. The zero-order valence-corrected chi connectivity index (χ0v) is 13.4. The number of aryl methyl sites for hydroxylation is 1. The molecule has 5 heteroatoms. The molecule has 22 heavy (non-hydrogen) atoms. The molecule has 0 saturated heterocycles. The first kappa shape index (κ1) is 16.5. The van der Waals surface area contributed by atoms with E-state index < -0.39 is 0 Å². The second kappa shape index (κ2) is 8.56. The summed E-state index contributed by atoms with van der Waals surface area (Å²) in [7, 11) is 0. The molecule has 0 bridgehead atoms. The highest BCUT2D eigenvalue weighted by atomic mass is 32.2. The molecule has 4 nitrogen and oxygen atoms in total. The summed E-state index contributed by atoms with van der Waals surface area (Å²) in [4.78, 5) is 16.3. The lowest BCUT2D eigenvalue weighted by Gasteiger charge is -2.08. The molecule has 0 spiro atoms. The van der Waals surface area contributed by atoms with Crippen LogP contribution < -0.4 is 5.32 Å². The van der Waals surface area contributed by atoms with Gasteiger partial charge in [-0.25, -0.2) is 4.98 Å². The Hall–Kier alpha value is -1.85. The average Bonchev–Trinajstić information content (AvgIpc) is 2.50. The van der Waals surface area contributed by atoms with E-state index in [0.29, 0.717) is 18.0 Å². The summed E-state index contributed by atoms with van der Waals surface area (Å²) in [5.41, 5.74) is 3.22. The minimum absolute atomic E-state index is 0.0676. The van der Waals surface area contributed by atoms with Crippen molar-refractivity contribution in [1.82, 2.24) is 4.98 Å². The quantitative estimate of drug-likeness (QED) is 0.771.